The van der Waals surface area contributed by atoms with Crippen LogP contribution in [0, 0.1) is 5.92 Å². The van der Waals surface area contributed by atoms with Crippen LogP contribution in [0.15, 0.2) is 36.4 Å². The molecule has 3 rings (SSSR count). The lowest BCUT2D eigenvalue weighted by molar-refractivity contribution is -0.143. The van der Waals surface area contributed by atoms with Gasteiger partial charge >= 0.3 is 5.97 Å². The molecule has 1 fully saturated rings. The van der Waals surface area contributed by atoms with Crippen LogP contribution in [0.25, 0.3) is 0 Å². The number of nitrogens with zero attached hydrogens (tertiary/aromatic N) is 2. The second-order valence-electron chi connectivity index (χ2n) is 8.02. The number of carboxylic acid groups (broad SMARTS) is 1. The van der Waals surface area contributed by atoms with E-state index >= 15 is 0 Å². The molecule has 0 amide bonds. The molecule has 0 spiro atoms. The zero-order valence-corrected chi connectivity index (χ0v) is 18.9. The molecule has 0 aromatic heterocycles. The molecule has 2 unspecified atom stereocenters. The summed E-state index contributed by atoms with van der Waals surface area (Å²) in [5.41, 5.74) is 3.17. The molecule has 7 heteroatoms. The van der Waals surface area contributed by atoms with Crippen molar-refractivity contribution in [2.75, 3.05) is 53.4 Å². The highest BCUT2D eigenvalue weighted by Crippen LogP contribution is 2.43. The Balaban J connectivity index is 2.10. The summed E-state index contributed by atoms with van der Waals surface area (Å²) in [5, 5.41) is 9.62. The summed E-state index contributed by atoms with van der Waals surface area (Å²) in [7, 11) is 8.80. The fourth-order valence-electron chi connectivity index (χ4n) is 4.27. The van der Waals surface area contributed by atoms with Crippen molar-refractivity contribution in [3.8, 4) is 17.2 Å². The van der Waals surface area contributed by atoms with Crippen LogP contribution in [-0.4, -0.2) is 64.5 Å². The number of rotatable bonds is 8. The van der Waals surface area contributed by atoms with E-state index in [1.54, 1.807) is 21.3 Å². The Morgan fingerprint density at radius 3 is 2.13 bits per heavy atom. The normalized spacial score (nSPS) is 17.6. The van der Waals surface area contributed by atoms with E-state index in [0.29, 0.717) is 30.2 Å². The van der Waals surface area contributed by atoms with E-state index in [1.807, 2.05) is 26.2 Å². The molecule has 31 heavy (non-hydrogen) atoms. The van der Waals surface area contributed by atoms with Crippen LogP contribution < -0.4 is 19.1 Å². The number of aliphatic carboxylic acids is 1. The molecule has 0 bridgehead atoms. The summed E-state index contributed by atoms with van der Waals surface area (Å²) in [4.78, 5) is 16.0. The second kappa shape index (κ2) is 9.92. The van der Waals surface area contributed by atoms with Crippen LogP contribution in [0.4, 0.5) is 5.69 Å². The van der Waals surface area contributed by atoms with Gasteiger partial charge in [-0.1, -0.05) is 12.1 Å². The van der Waals surface area contributed by atoms with E-state index in [4.69, 9.17) is 14.2 Å². The number of hydrogen-bond donors (Lipinski definition) is 1. The van der Waals surface area contributed by atoms with Crippen LogP contribution in [0.3, 0.4) is 0 Å². The molecule has 0 radical (unpaired) electrons. The van der Waals surface area contributed by atoms with Crippen molar-refractivity contribution in [3.63, 3.8) is 0 Å². The van der Waals surface area contributed by atoms with Gasteiger partial charge < -0.3 is 24.2 Å². The lowest BCUT2D eigenvalue weighted by atomic mass is 9.91. The van der Waals surface area contributed by atoms with Crippen molar-refractivity contribution in [2.24, 2.45) is 5.92 Å². The molecule has 1 N–H and O–H groups in total. The van der Waals surface area contributed by atoms with E-state index in [2.05, 4.69) is 34.1 Å². The average Bonchev–Trinajstić information content (AvgIpc) is 2.79. The molecule has 168 valence electrons. The fourth-order valence-corrected chi connectivity index (χ4v) is 4.27. The molecule has 2 atom stereocenters. The summed E-state index contributed by atoms with van der Waals surface area (Å²) in [6.45, 7) is 1.31. The number of hydrogen-bond acceptors (Lipinski definition) is 6. The van der Waals surface area contributed by atoms with Gasteiger partial charge in [0.15, 0.2) is 11.5 Å². The topological polar surface area (TPSA) is 71.5 Å². The molecule has 2 aromatic carbocycles. The number of ether oxygens (including phenoxy) is 3. The Kier molecular flexibility index (Phi) is 7.28. The Hall–Kier alpha value is -2.93. The van der Waals surface area contributed by atoms with Gasteiger partial charge in [-0.15, -0.1) is 0 Å². The summed E-state index contributed by atoms with van der Waals surface area (Å²) in [6, 6.07) is 12.2. The number of methoxy groups -OCH3 is 3. The van der Waals surface area contributed by atoms with Crippen molar-refractivity contribution < 1.29 is 24.1 Å². The van der Waals surface area contributed by atoms with E-state index in [1.165, 1.54) is 0 Å². The average molecular weight is 429 g/mol. The predicted octanol–water partition coefficient (Wildman–Crippen LogP) is 3.66. The Labute approximate surface area is 184 Å². The number of carbonyl (C=O) groups is 1. The van der Waals surface area contributed by atoms with E-state index < -0.39 is 5.97 Å². The number of piperidine rings is 1. The molecule has 1 heterocycles. The third-order valence-electron chi connectivity index (χ3n) is 5.90. The van der Waals surface area contributed by atoms with E-state index in [9.17, 15) is 9.90 Å². The number of benzene rings is 2. The maximum absolute atomic E-state index is 11.7. The quantitative estimate of drug-likeness (QED) is 0.688. The van der Waals surface area contributed by atoms with E-state index in [0.717, 1.165) is 29.8 Å². The molecule has 7 nitrogen and oxygen atoms in total. The van der Waals surface area contributed by atoms with Gasteiger partial charge in [0, 0.05) is 26.3 Å². The summed E-state index contributed by atoms with van der Waals surface area (Å²) < 4.78 is 16.6. The highest BCUT2D eigenvalue weighted by molar-refractivity contribution is 5.70. The lowest BCUT2D eigenvalue weighted by Gasteiger charge is -2.38. The van der Waals surface area contributed by atoms with Crippen molar-refractivity contribution in [3.05, 3.63) is 47.5 Å². The third kappa shape index (κ3) is 4.88. The maximum Gasteiger partial charge on any atom is 0.307 e. The molecule has 1 aliphatic heterocycles. The molecule has 0 aliphatic carbocycles. The SMILES string of the molecule is COc1cc(C(c2ccc(N(C)C)cc2)N2CCCC(C(=O)O)C2)cc(OC)c1OC. The lowest BCUT2D eigenvalue weighted by Crippen LogP contribution is -2.41. The summed E-state index contributed by atoms with van der Waals surface area (Å²) in [6.07, 6.45) is 1.54. The van der Waals surface area contributed by atoms with E-state index in [-0.39, 0.29) is 12.0 Å². The van der Waals surface area contributed by atoms with Gasteiger partial charge in [-0.05, 0) is 54.8 Å². The first-order valence-electron chi connectivity index (χ1n) is 10.4. The largest absolute Gasteiger partial charge is 0.493 e. The van der Waals surface area contributed by atoms with Crippen LogP contribution >= 0.6 is 0 Å². The van der Waals surface area contributed by atoms with Crippen LogP contribution in [-0.2, 0) is 4.79 Å². The highest BCUT2D eigenvalue weighted by atomic mass is 16.5. The first-order valence-corrected chi connectivity index (χ1v) is 10.4. The van der Waals surface area contributed by atoms with Crippen molar-refractivity contribution in [1.82, 2.24) is 4.90 Å². The minimum absolute atomic E-state index is 0.132. The van der Waals surface area contributed by atoms with Crippen LogP contribution in [0.1, 0.15) is 30.0 Å². The smallest absolute Gasteiger partial charge is 0.307 e. The standard InChI is InChI=1S/C24H32N2O5/c1-25(2)19-10-8-16(9-11-19)22(26-12-6-7-17(15-26)24(27)28)18-13-20(29-3)23(31-5)21(14-18)30-4/h8-11,13-14,17,22H,6-7,12,15H2,1-5H3,(H,27,28). The van der Waals surface area contributed by atoms with Gasteiger partial charge in [-0.3, -0.25) is 9.69 Å². The number of carboxylic acids is 1. The van der Waals surface area contributed by atoms with Crippen LogP contribution in [0.5, 0.6) is 17.2 Å². The molecule has 1 aliphatic rings. The third-order valence-corrected chi connectivity index (χ3v) is 5.90. The first-order chi connectivity index (χ1) is 14.9. The van der Waals surface area contributed by atoms with Gasteiger partial charge in [0.1, 0.15) is 0 Å². The minimum atomic E-state index is -0.740. The Morgan fingerprint density at radius 1 is 1.03 bits per heavy atom. The molecule has 1 saturated heterocycles. The Bertz CT molecular complexity index is 872. The monoisotopic (exact) mass is 428 g/mol. The van der Waals surface area contributed by atoms with Gasteiger partial charge in [0.25, 0.3) is 0 Å². The molecular weight excluding hydrogens is 396 g/mol. The van der Waals surface area contributed by atoms with Gasteiger partial charge in [0.05, 0.1) is 33.3 Å². The molecule has 0 saturated carbocycles. The second-order valence-corrected chi connectivity index (χ2v) is 8.02. The van der Waals surface area contributed by atoms with Crippen molar-refractivity contribution in [1.29, 1.82) is 0 Å². The van der Waals surface area contributed by atoms with Gasteiger partial charge in [0.2, 0.25) is 5.75 Å². The summed E-state index contributed by atoms with van der Waals surface area (Å²) >= 11 is 0. The zero-order valence-electron chi connectivity index (χ0n) is 18.9. The summed E-state index contributed by atoms with van der Waals surface area (Å²) in [5.74, 6) is 0.588. The fraction of sp³-hybridized carbons (Fsp3) is 0.458. The van der Waals surface area contributed by atoms with Gasteiger partial charge in [-0.25, -0.2) is 0 Å². The van der Waals surface area contributed by atoms with Gasteiger partial charge in [-0.2, -0.15) is 0 Å². The predicted molar refractivity (Wildman–Crippen MR) is 121 cm³/mol. The van der Waals surface area contributed by atoms with Crippen LogP contribution in [0.2, 0.25) is 0 Å². The van der Waals surface area contributed by atoms with Crippen molar-refractivity contribution in [2.45, 2.75) is 18.9 Å². The molecule has 2 aromatic rings. The minimum Gasteiger partial charge on any atom is -0.493 e. The molecular formula is C24H32N2O5. The maximum atomic E-state index is 11.7. The number of anilines is 1. The van der Waals surface area contributed by atoms with Crippen molar-refractivity contribution >= 4 is 11.7 Å². The zero-order chi connectivity index (χ0) is 22.5. The highest BCUT2D eigenvalue weighted by Gasteiger charge is 2.32. The first kappa shape index (κ1) is 22.7. The number of likely N-dealkylation sites (tertiary alicyclic amines) is 1. The Morgan fingerprint density at radius 2 is 1.65 bits per heavy atom.